The van der Waals surface area contributed by atoms with Crippen molar-refractivity contribution < 1.29 is 14.3 Å². The SMILES string of the molecule is COCCCNC(=O)C(C)Oc1cc(N)ccc1C. The highest BCUT2D eigenvalue weighted by atomic mass is 16.5. The van der Waals surface area contributed by atoms with E-state index in [1.165, 1.54) is 0 Å². The number of ether oxygens (including phenoxy) is 2. The number of amides is 1. The van der Waals surface area contributed by atoms with Gasteiger partial charge in [0, 0.05) is 32.0 Å². The number of hydrogen-bond donors (Lipinski definition) is 2. The molecule has 1 aromatic carbocycles. The van der Waals surface area contributed by atoms with Gasteiger partial charge in [-0.2, -0.15) is 0 Å². The van der Waals surface area contributed by atoms with Gasteiger partial charge >= 0.3 is 0 Å². The number of nitrogens with one attached hydrogen (secondary N) is 1. The Kier molecular flexibility index (Phi) is 6.15. The van der Waals surface area contributed by atoms with E-state index in [0.717, 1.165) is 12.0 Å². The number of carbonyl (C=O) groups excluding carboxylic acids is 1. The van der Waals surface area contributed by atoms with Crippen molar-refractivity contribution in [2.75, 3.05) is 26.0 Å². The van der Waals surface area contributed by atoms with Crippen LogP contribution in [0.2, 0.25) is 0 Å². The van der Waals surface area contributed by atoms with Gasteiger partial charge in [0.1, 0.15) is 5.75 Å². The lowest BCUT2D eigenvalue weighted by molar-refractivity contribution is -0.127. The summed E-state index contributed by atoms with van der Waals surface area (Å²) >= 11 is 0. The normalized spacial score (nSPS) is 11.9. The van der Waals surface area contributed by atoms with Gasteiger partial charge in [-0.05, 0) is 31.9 Å². The van der Waals surface area contributed by atoms with Gasteiger partial charge in [0.25, 0.3) is 5.91 Å². The van der Waals surface area contributed by atoms with Crippen molar-refractivity contribution in [1.29, 1.82) is 0 Å². The number of methoxy groups -OCH3 is 1. The monoisotopic (exact) mass is 266 g/mol. The van der Waals surface area contributed by atoms with Gasteiger partial charge in [-0.15, -0.1) is 0 Å². The van der Waals surface area contributed by atoms with Crippen LogP contribution in [0.15, 0.2) is 18.2 Å². The largest absolute Gasteiger partial charge is 0.481 e. The van der Waals surface area contributed by atoms with Crippen LogP contribution in [0, 0.1) is 6.92 Å². The zero-order valence-electron chi connectivity index (χ0n) is 11.7. The van der Waals surface area contributed by atoms with Gasteiger partial charge < -0.3 is 20.5 Å². The predicted octanol–water partition coefficient (Wildman–Crippen LogP) is 1.50. The van der Waals surface area contributed by atoms with Crippen LogP contribution in [0.3, 0.4) is 0 Å². The van der Waals surface area contributed by atoms with Crippen molar-refractivity contribution >= 4 is 11.6 Å². The molecule has 1 rings (SSSR count). The number of benzene rings is 1. The Morgan fingerprint density at radius 2 is 2.21 bits per heavy atom. The zero-order valence-corrected chi connectivity index (χ0v) is 11.7. The minimum Gasteiger partial charge on any atom is -0.481 e. The molecule has 1 unspecified atom stereocenters. The average molecular weight is 266 g/mol. The number of anilines is 1. The molecule has 0 fully saturated rings. The maximum absolute atomic E-state index is 11.8. The van der Waals surface area contributed by atoms with Crippen molar-refractivity contribution in [3.63, 3.8) is 0 Å². The molecule has 0 aliphatic rings. The lowest BCUT2D eigenvalue weighted by atomic mass is 10.2. The quantitative estimate of drug-likeness (QED) is 0.579. The Balaban J connectivity index is 2.47. The number of rotatable bonds is 7. The van der Waals surface area contributed by atoms with E-state index in [0.29, 0.717) is 24.6 Å². The second-order valence-electron chi connectivity index (χ2n) is 4.42. The topological polar surface area (TPSA) is 73.6 Å². The third-order valence-corrected chi connectivity index (χ3v) is 2.71. The summed E-state index contributed by atoms with van der Waals surface area (Å²) in [6.07, 6.45) is 0.231. The number of nitrogens with two attached hydrogens (primary N) is 1. The Morgan fingerprint density at radius 3 is 2.89 bits per heavy atom. The average Bonchev–Trinajstić information content (AvgIpc) is 2.38. The Labute approximate surface area is 114 Å². The minimum atomic E-state index is -0.553. The summed E-state index contributed by atoms with van der Waals surface area (Å²) in [6, 6.07) is 5.40. The molecule has 19 heavy (non-hydrogen) atoms. The molecule has 0 aliphatic carbocycles. The molecule has 0 aliphatic heterocycles. The van der Waals surface area contributed by atoms with Crippen LogP contribution in [-0.2, 0) is 9.53 Å². The molecule has 1 aromatic rings. The molecule has 106 valence electrons. The van der Waals surface area contributed by atoms with Crippen molar-refractivity contribution in [2.24, 2.45) is 0 Å². The first-order valence-electron chi connectivity index (χ1n) is 6.34. The summed E-state index contributed by atoms with van der Waals surface area (Å²) in [4.78, 5) is 11.8. The first-order chi connectivity index (χ1) is 9.04. The fraction of sp³-hybridized carbons (Fsp3) is 0.500. The van der Waals surface area contributed by atoms with Crippen LogP contribution < -0.4 is 15.8 Å². The van der Waals surface area contributed by atoms with Gasteiger partial charge in [-0.3, -0.25) is 4.79 Å². The van der Waals surface area contributed by atoms with Gasteiger partial charge in [-0.25, -0.2) is 0 Å². The second kappa shape index (κ2) is 7.63. The second-order valence-corrected chi connectivity index (χ2v) is 4.42. The molecule has 0 bridgehead atoms. The highest BCUT2D eigenvalue weighted by Gasteiger charge is 2.15. The van der Waals surface area contributed by atoms with Gasteiger partial charge in [0.2, 0.25) is 0 Å². The lowest BCUT2D eigenvalue weighted by Crippen LogP contribution is -2.37. The van der Waals surface area contributed by atoms with Crippen molar-refractivity contribution in [1.82, 2.24) is 5.32 Å². The first-order valence-corrected chi connectivity index (χ1v) is 6.34. The zero-order chi connectivity index (χ0) is 14.3. The maximum atomic E-state index is 11.8. The third-order valence-electron chi connectivity index (χ3n) is 2.71. The summed E-state index contributed by atoms with van der Waals surface area (Å²) < 4.78 is 10.5. The molecule has 1 atom stereocenters. The summed E-state index contributed by atoms with van der Waals surface area (Å²) in [5.41, 5.74) is 7.27. The molecule has 0 radical (unpaired) electrons. The molecule has 5 heteroatoms. The summed E-state index contributed by atoms with van der Waals surface area (Å²) in [7, 11) is 1.64. The van der Waals surface area contributed by atoms with Gasteiger partial charge in [0.05, 0.1) is 0 Å². The number of hydrogen-bond acceptors (Lipinski definition) is 4. The highest BCUT2D eigenvalue weighted by molar-refractivity contribution is 5.80. The smallest absolute Gasteiger partial charge is 0.260 e. The maximum Gasteiger partial charge on any atom is 0.260 e. The van der Waals surface area contributed by atoms with E-state index in [9.17, 15) is 4.79 Å². The van der Waals surface area contributed by atoms with Gasteiger partial charge in [-0.1, -0.05) is 6.07 Å². The Hall–Kier alpha value is -1.75. The molecular weight excluding hydrogens is 244 g/mol. The van der Waals surface area contributed by atoms with Crippen molar-refractivity contribution in [3.8, 4) is 5.75 Å². The van der Waals surface area contributed by atoms with E-state index in [2.05, 4.69) is 5.32 Å². The van der Waals surface area contributed by atoms with E-state index >= 15 is 0 Å². The molecule has 5 nitrogen and oxygen atoms in total. The summed E-state index contributed by atoms with van der Waals surface area (Å²) in [5.74, 6) is 0.498. The van der Waals surface area contributed by atoms with Gasteiger partial charge in [0.15, 0.2) is 6.10 Å². The van der Waals surface area contributed by atoms with Crippen molar-refractivity contribution in [2.45, 2.75) is 26.4 Å². The molecule has 0 saturated carbocycles. The lowest BCUT2D eigenvalue weighted by Gasteiger charge is -2.16. The number of aryl methyl sites for hydroxylation is 1. The highest BCUT2D eigenvalue weighted by Crippen LogP contribution is 2.21. The van der Waals surface area contributed by atoms with E-state index in [1.54, 1.807) is 26.2 Å². The molecule has 3 N–H and O–H groups in total. The van der Waals surface area contributed by atoms with Crippen LogP contribution >= 0.6 is 0 Å². The van der Waals surface area contributed by atoms with E-state index < -0.39 is 6.10 Å². The van der Waals surface area contributed by atoms with Crippen LogP contribution in [0.5, 0.6) is 5.75 Å². The standard InChI is InChI=1S/C14H22N2O3/c1-10-5-6-12(15)9-13(10)19-11(2)14(17)16-7-4-8-18-3/h5-6,9,11H,4,7-8,15H2,1-3H3,(H,16,17). The first kappa shape index (κ1) is 15.3. The molecule has 0 spiro atoms. The number of nitrogen functional groups attached to an aromatic ring is 1. The van der Waals surface area contributed by atoms with Crippen LogP contribution in [0.4, 0.5) is 5.69 Å². The van der Waals surface area contributed by atoms with Crippen LogP contribution in [0.1, 0.15) is 18.9 Å². The summed E-state index contributed by atoms with van der Waals surface area (Å²) in [5, 5.41) is 2.80. The Morgan fingerprint density at radius 1 is 1.47 bits per heavy atom. The molecule has 1 amide bonds. The fourth-order valence-corrected chi connectivity index (χ4v) is 1.56. The van der Waals surface area contributed by atoms with E-state index in [4.69, 9.17) is 15.2 Å². The molecule has 0 saturated heterocycles. The molecular formula is C14H22N2O3. The predicted molar refractivity (Wildman–Crippen MR) is 75.2 cm³/mol. The molecule has 0 aromatic heterocycles. The van der Waals surface area contributed by atoms with E-state index in [1.807, 2.05) is 13.0 Å². The van der Waals surface area contributed by atoms with Crippen LogP contribution in [0.25, 0.3) is 0 Å². The van der Waals surface area contributed by atoms with Crippen LogP contribution in [-0.4, -0.2) is 32.3 Å². The fourth-order valence-electron chi connectivity index (χ4n) is 1.56. The minimum absolute atomic E-state index is 0.141. The van der Waals surface area contributed by atoms with E-state index in [-0.39, 0.29) is 5.91 Å². The molecule has 0 heterocycles. The number of carbonyl (C=O) groups is 1. The van der Waals surface area contributed by atoms with Crippen molar-refractivity contribution in [3.05, 3.63) is 23.8 Å². The Bertz CT molecular complexity index is 421. The third kappa shape index (κ3) is 5.18. The summed E-state index contributed by atoms with van der Waals surface area (Å²) in [6.45, 7) is 4.84.